The summed E-state index contributed by atoms with van der Waals surface area (Å²) in [7, 11) is 0. The zero-order valence-corrected chi connectivity index (χ0v) is 14.0. The molecular weight excluding hydrogens is 316 g/mol. The Hall–Kier alpha value is 0.130. The molecule has 1 rings (SSSR count). The van der Waals surface area contributed by atoms with Crippen LogP contribution in [0.25, 0.3) is 0 Å². The molecule has 1 aromatic rings. The molecule has 0 aromatic carbocycles. The summed E-state index contributed by atoms with van der Waals surface area (Å²) in [5.41, 5.74) is 1.16. The van der Waals surface area contributed by atoms with Crippen LogP contribution in [0.5, 0.6) is 0 Å². The second-order valence-corrected chi connectivity index (χ2v) is 7.91. The van der Waals surface area contributed by atoms with Gasteiger partial charge in [-0.05, 0) is 22.4 Å². The monoisotopic (exact) mass is 334 g/mol. The largest absolute Gasteiger partial charge is 0.345 e. The van der Waals surface area contributed by atoms with Gasteiger partial charge in [-0.2, -0.15) is 0 Å². The molecule has 0 radical (unpaired) electrons. The number of aromatic nitrogens is 2. The van der Waals surface area contributed by atoms with E-state index in [9.17, 15) is 0 Å². The second kappa shape index (κ2) is 6.34. The number of nitrogens with zero attached hydrogens (tertiary/aromatic N) is 1. The molecule has 96 valence electrons. The van der Waals surface area contributed by atoms with Gasteiger partial charge in [0.25, 0.3) is 0 Å². The Labute approximate surface area is 121 Å². The smallest absolute Gasteiger partial charge is 0.144 e. The minimum absolute atomic E-state index is 0.245. The molecule has 5 heteroatoms. The van der Waals surface area contributed by atoms with Crippen LogP contribution >= 0.6 is 39.9 Å². The Bertz CT molecular complexity index is 435. The molecule has 0 aliphatic rings. The third-order valence-electron chi connectivity index (χ3n) is 2.13. The van der Waals surface area contributed by atoms with E-state index in [4.69, 9.17) is 12.2 Å². The SMILES string of the molecule is CCCc1[nH]c(CSC(C)(C)C)nc(=S)c1Br. The van der Waals surface area contributed by atoms with Crippen molar-refractivity contribution in [2.75, 3.05) is 0 Å². The summed E-state index contributed by atoms with van der Waals surface area (Å²) in [6.45, 7) is 8.78. The lowest BCUT2D eigenvalue weighted by molar-refractivity contribution is 0.796. The van der Waals surface area contributed by atoms with Gasteiger partial charge in [-0.15, -0.1) is 11.8 Å². The van der Waals surface area contributed by atoms with Crippen LogP contribution in [0.2, 0.25) is 0 Å². The number of halogens is 1. The molecule has 1 N–H and O–H groups in total. The van der Waals surface area contributed by atoms with E-state index in [0.717, 1.165) is 34.6 Å². The van der Waals surface area contributed by atoms with Gasteiger partial charge in [0.05, 0.1) is 10.2 Å². The lowest BCUT2D eigenvalue weighted by Crippen LogP contribution is -2.09. The van der Waals surface area contributed by atoms with Crippen molar-refractivity contribution >= 4 is 39.9 Å². The van der Waals surface area contributed by atoms with Crippen LogP contribution < -0.4 is 0 Å². The predicted molar refractivity (Wildman–Crippen MR) is 82.2 cm³/mol. The van der Waals surface area contributed by atoms with Gasteiger partial charge < -0.3 is 4.98 Å². The van der Waals surface area contributed by atoms with Crippen molar-refractivity contribution in [2.24, 2.45) is 0 Å². The third-order valence-corrected chi connectivity index (χ3v) is 4.82. The van der Waals surface area contributed by atoms with E-state index < -0.39 is 0 Å². The summed E-state index contributed by atoms with van der Waals surface area (Å²) in [5.74, 6) is 1.85. The molecule has 0 aliphatic heterocycles. The van der Waals surface area contributed by atoms with E-state index in [1.54, 1.807) is 0 Å². The number of nitrogens with one attached hydrogen (secondary N) is 1. The van der Waals surface area contributed by atoms with Crippen LogP contribution in [0, 0.1) is 4.64 Å². The fourth-order valence-electron chi connectivity index (χ4n) is 1.33. The molecule has 0 amide bonds. The number of hydrogen-bond donors (Lipinski definition) is 1. The van der Waals surface area contributed by atoms with E-state index in [2.05, 4.69) is 53.6 Å². The molecule has 0 atom stereocenters. The first-order valence-electron chi connectivity index (χ1n) is 5.75. The van der Waals surface area contributed by atoms with Gasteiger partial charge in [0.2, 0.25) is 0 Å². The molecule has 17 heavy (non-hydrogen) atoms. The second-order valence-electron chi connectivity index (χ2n) is 4.93. The van der Waals surface area contributed by atoms with Gasteiger partial charge in [-0.3, -0.25) is 0 Å². The minimum atomic E-state index is 0.245. The van der Waals surface area contributed by atoms with Gasteiger partial charge in [0.1, 0.15) is 10.5 Å². The Balaban J connectivity index is 2.91. The van der Waals surface area contributed by atoms with Crippen LogP contribution in [0.1, 0.15) is 45.6 Å². The zero-order valence-electron chi connectivity index (χ0n) is 10.8. The Kier molecular flexibility index (Phi) is 5.67. The van der Waals surface area contributed by atoms with E-state index in [1.807, 2.05) is 11.8 Å². The van der Waals surface area contributed by atoms with Crippen LogP contribution in [0.15, 0.2) is 4.47 Å². The minimum Gasteiger partial charge on any atom is -0.345 e. The van der Waals surface area contributed by atoms with Gasteiger partial charge in [-0.1, -0.05) is 46.3 Å². The van der Waals surface area contributed by atoms with Crippen LogP contribution in [-0.4, -0.2) is 14.7 Å². The number of hydrogen-bond acceptors (Lipinski definition) is 3. The average molecular weight is 335 g/mol. The fourth-order valence-corrected chi connectivity index (χ4v) is 2.66. The molecule has 1 heterocycles. The van der Waals surface area contributed by atoms with Gasteiger partial charge in [0.15, 0.2) is 0 Å². The Morgan fingerprint density at radius 1 is 1.41 bits per heavy atom. The van der Waals surface area contributed by atoms with Gasteiger partial charge in [-0.25, -0.2) is 4.98 Å². The first-order valence-corrected chi connectivity index (χ1v) is 7.93. The molecule has 1 aromatic heterocycles. The summed E-state index contributed by atoms with van der Waals surface area (Å²) in [6.07, 6.45) is 2.10. The van der Waals surface area contributed by atoms with Crippen molar-refractivity contribution in [3.05, 3.63) is 20.6 Å². The predicted octanol–water partition coefficient (Wildman–Crippen LogP) is 4.89. The van der Waals surface area contributed by atoms with Crippen molar-refractivity contribution in [1.82, 2.24) is 9.97 Å². The molecular formula is C12H19BrN2S2. The maximum atomic E-state index is 5.26. The molecule has 0 spiro atoms. The first kappa shape index (κ1) is 15.2. The molecule has 0 aliphatic carbocycles. The van der Waals surface area contributed by atoms with Gasteiger partial charge >= 0.3 is 0 Å². The fraction of sp³-hybridized carbons (Fsp3) is 0.667. The highest BCUT2D eigenvalue weighted by Crippen LogP contribution is 2.27. The van der Waals surface area contributed by atoms with Crippen LogP contribution in [0.4, 0.5) is 0 Å². The summed E-state index contributed by atoms with van der Waals surface area (Å²) >= 11 is 10.6. The lowest BCUT2D eigenvalue weighted by atomic mass is 10.2. The summed E-state index contributed by atoms with van der Waals surface area (Å²) in [6, 6.07) is 0. The van der Waals surface area contributed by atoms with Gasteiger partial charge in [0, 0.05) is 10.4 Å². The van der Waals surface area contributed by atoms with E-state index in [0.29, 0.717) is 4.64 Å². The molecule has 2 nitrogen and oxygen atoms in total. The van der Waals surface area contributed by atoms with Crippen molar-refractivity contribution in [3.63, 3.8) is 0 Å². The highest BCUT2D eigenvalue weighted by molar-refractivity contribution is 9.10. The summed E-state index contributed by atoms with van der Waals surface area (Å²) in [4.78, 5) is 7.79. The summed E-state index contributed by atoms with van der Waals surface area (Å²) in [5, 5.41) is 0. The van der Waals surface area contributed by atoms with Crippen LogP contribution in [0.3, 0.4) is 0 Å². The number of rotatable bonds is 4. The normalized spacial score (nSPS) is 11.8. The van der Waals surface area contributed by atoms with Crippen molar-refractivity contribution in [3.8, 4) is 0 Å². The van der Waals surface area contributed by atoms with E-state index >= 15 is 0 Å². The quantitative estimate of drug-likeness (QED) is 0.795. The maximum absolute atomic E-state index is 5.26. The standard InChI is InChI=1S/C12H19BrN2S2/c1-5-6-8-10(13)11(16)15-9(14-8)7-17-12(2,3)4/h5-7H2,1-4H3,(H,14,15,16). The average Bonchev–Trinajstić information content (AvgIpc) is 2.21. The molecule has 0 unspecified atom stereocenters. The number of aromatic amines is 1. The summed E-state index contributed by atoms with van der Waals surface area (Å²) < 4.78 is 1.85. The third kappa shape index (κ3) is 5.10. The highest BCUT2D eigenvalue weighted by Gasteiger charge is 2.12. The topological polar surface area (TPSA) is 28.7 Å². The molecule has 0 fully saturated rings. The zero-order chi connectivity index (χ0) is 13.1. The highest BCUT2D eigenvalue weighted by atomic mass is 79.9. The molecule has 0 bridgehead atoms. The van der Waals surface area contributed by atoms with Crippen molar-refractivity contribution < 1.29 is 0 Å². The Morgan fingerprint density at radius 3 is 2.59 bits per heavy atom. The van der Waals surface area contributed by atoms with Crippen molar-refractivity contribution in [2.45, 2.75) is 51.0 Å². The molecule has 0 saturated heterocycles. The Morgan fingerprint density at radius 2 is 2.06 bits per heavy atom. The van der Waals surface area contributed by atoms with E-state index in [1.165, 1.54) is 0 Å². The number of aryl methyl sites for hydroxylation is 1. The number of thioether (sulfide) groups is 1. The molecule has 0 saturated carbocycles. The van der Waals surface area contributed by atoms with Crippen molar-refractivity contribution in [1.29, 1.82) is 0 Å². The number of H-pyrrole nitrogens is 1. The lowest BCUT2D eigenvalue weighted by Gasteiger charge is -2.17. The van der Waals surface area contributed by atoms with Crippen LogP contribution in [-0.2, 0) is 12.2 Å². The maximum Gasteiger partial charge on any atom is 0.144 e. The van der Waals surface area contributed by atoms with E-state index in [-0.39, 0.29) is 4.75 Å². The first-order chi connectivity index (χ1) is 7.83.